The molecule has 5 rings (SSSR count). The van der Waals surface area contributed by atoms with Crippen molar-refractivity contribution in [3.8, 4) is 11.1 Å². The molecule has 1 fully saturated rings. The summed E-state index contributed by atoms with van der Waals surface area (Å²) < 4.78 is 19.3. The molecule has 268 valence electrons. The van der Waals surface area contributed by atoms with E-state index in [1.807, 2.05) is 33.8 Å². The molecule has 1 aromatic heterocycles. The number of hydrogen-bond acceptors (Lipinski definition) is 7. The van der Waals surface area contributed by atoms with Crippen molar-refractivity contribution in [2.24, 2.45) is 5.41 Å². The molecular formula is C41H58FN3O4. The van der Waals surface area contributed by atoms with Crippen LogP contribution < -0.4 is 4.90 Å². The van der Waals surface area contributed by atoms with Crippen LogP contribution in [0.1, 0.15) is 114 Å². The van der Waals surface area contributed by atoms with Crippen molar-refractivity contribution in [1.29, 1.82) is 0 Å². The van der Waals surface area contributed by atoms with E-state index in [0.29, 0.717) is 5.69 Å². The van der Waals surface area contributed by atoms with Crippen molar-refractivity contribution in [2.45, 2.75) is 126 Å². The molecule has 0 amide bonds. The Hall–Kier alpha value is -3.33. The van der Waals surface area contributed by atoms with Gasteiger partial charge in [0.2, 0.25) is 0 Å². The molecule has 1 saturated heterocycles. The van der Waals surface area contributed by atoms with Crippen molar-refractivity contribution < 1.29 is 24.1 Å². The Balaban J connectivity index is 0.00000101. The number of nitrogens with zero attached hydrogens (tertiary/aromatic N) is 3. The zero-order valence-corrected chi connectivity index (χ0v) is 31.4. The first-order valence-corrected chi connectivity index (χ1v) is 17.8. The largest absolute Gasteiger partial charge is 0.463 e. The predicted octanol–water partition coefficient (Wildman–Crippen LogP) is 8.01. The monoisotopic (exact) mass is 675 g/mol. The van der Waals surface area contributed by atoms with E-state index in [9.17, 15) is 14.3 Å². The van der Waals surface area contributed by atoms with E-state index in [4.69, 9.17) is 14.8 Å². The average molecular weight is 676 g/mol. The van der Waals surface area contributed by atoms with Crippen molar-refractivity contribution in [3.05, 3.63) is 81.4 Å². The molecule has 3 aromatic rings. The number of aromatic nitrogens is 1. The average Bonchev–Trinajstić information content (AvgIpc) is 2.98. The lowest BCUT2D eigenvalue weighted by molar-refractivity contribution is -0.146. The van der Waals surface area contributed by atoms with Crippen LogP contribution >= 0.6 is 0 Å². The van der Waals surface area contributed by atoms with Gasteiger partial charge in [0.25, 0.3) is 0 Å². The van der Waals surface area contributed by atoms with Gasteiger partial charge in [-0.2, -0.15) is 0 Å². The van der Waals surface area contributed by atoms with Crippen LogP contribution in [0.5, 0.6) is 0 Å². The smallest absolute Gasteiger partial charge is 0.310 e. The minimum Gasteiger partial charge on any atom is -0.463 e. The van der Waals surface area contributed by atoms with Gasteiger partial charge in [0.1, 0.15) is 5.82 Å². The highest BCUT2D eigenvalue weighted by molar-refractivity contribution is 5.87. The number of aryl methyl sites for hydroxylation is 2. The van der Waals surface area contributed by atoms with Gasteiger partial charge in [0.05, 0.1) is 35.6 Å². The standard InChI is InChI=1S/C37H48FN3O3.C4H10O/c1-23(2)44-33(43)20-32-25(4)39-35(26(5)42)34(36(32)41-16-13-37(6,7)14-17-41)28-8-9-30-22-40(15-12-27(30)19-28)21-29-10-11-31(38)18-24(29)3;1-4(2,3)5/h8-11,18-19,23,26,42H,12-17,20-22H2,1-7H3;5H,1-3H3. The van der Waals surface area contributed by atoms with Gasteiger partial charge in [0, 0.05) is 49.5 Å². The zero-order chi connectivity index (χ0) is 36.3. The molecule has 3 heterocycles. The second kappa shape index (κ2) is 15.7. The predicted molar refractivity (Wildman–Crippen MR) is 196 cm³/mol. The summed E-state index contributed by atoms with van der Waals surface area (Å²) >= 11 is 0. The Labute approximate surface area is 293 Å². The van der Waals surface area contributed by atoms with Crippen molar-refractivity contribution in [1.82, 2.24) is 9.88 Å². The second-order valence-corrected chi connectivity index (χ2v) is 16.0. The number of carbonyl (C=O) groups is 1. The van der Waals surface area contributed by atoms with Crippen LogP contribution in [0.15, 0.2) is 36.4 Å². The number of aliphatic hydroxyl groups excluding tert-OH is 1. The minimum atomic E-state index is -0.772. The number of carbonyl (C=O) groups excluding carboxylic acids is 1. The number of piperidine rings is 1. The number of benzene rings is 2. The summed E-state index contributed by atoms with van der Waals surface area (Å²) in [5, 5.41) is 19.6. The Morgan fingerprint density at radius 1 is 1.02 bits per heavy atom. The van der Waals surface area contributed by atoms with E-state index in [1.165, 1.54) is 11.1 Å². The number of hydrogen-bond donors (Lipinski definition) is 2. The molecule has 0 spiro atoms. The lowest BCUT2D eigenvalue weighted by atomic mass is 9.81. The summed E-state index contributed by atoms with van der Waals surface area (Å²) in [5.41, 5.74) is 9.69. The molecule has 7 nitrogen and oxygen atoms in total. The van der Waals surface area contributed by atoms with E-state index in [1.54, 1.807) is 39.8 Å². The van der Waals surface area contributed by atoms with E-state index in [2.05, 4.69) is 41.8 Å². The zero-order valence-electron chi connectivity index (χ0n) is 31.4. The number of fused-ring (bicyclic) bond motifs is 1. The fraction of sp³-hybridized carbons (Fsp3) is 0.561. The van der Waals surface area contributed by atoms with Crippen molar-refractivity contribution in [2.75, 3.05) is 24.5 Å². The first-order chi connectivity index (χ1) is 22.8. The molecular weight excluding hydrogens is 617 g/mol. The fourth-order valence-corrected chi connectivity index (χ4v) is 6.66. The summed E-state index contributed by atoms with van der Waals surface area (Å²) in [7, 11) is 0. The second-order valence-electron chi connectivity index (χ2n) is 16.0. The summed E-state index contributed by atoms with van der Waals surface area (Å²) in [6, 6.07) is 11.7. The Morgan fingerprint density at radius 3 is 2.27 bits per heavy atom. The highest BCUT2D eigenvalue weighted by atomic mass is 19.1. The van der Waals surface area contributed by atoms with Crippen molar-refractivity contribution >= 4 is 11.7 Å². The molecule has 1 atom stereocenters. The number of aliphatic hydroxyl groups is 2. The normalized spacial score (nSPS) is 16.9. The number of esters is 1. The van der Waals surface area contributed by atoms with Gasteiger partial charge >= 0.3 is 5.97 Å². The third kappa shape index (κ3) is 10.6. The fourth-order valence-electron chi connectivity index (χ4n) is 6.66. The first-order valence-electron chi connectivity index (χ1n) is 17.8. The molecule has 8 heteroatoms. The number of halogens is 1. The quantitative estimate of drug-likeness (QED) is 0.234. The molecule has 2 aromatic carbocycles. The molecule has 49 heavy (non-hydrogen) atoms. The van der Waals surface area contributed by atoms with Crippen LogP contribution in [-0.4, -0.2) is 57.4 Å². The number of rotatable bonds is 8. The Kier molecular flexibility index (Phi) is 12.3. The maximum atomic E-state index is 13.7. The Morgan fingerprint density at radius 2 is 1.67 bits per heavy atom. The van der Waals surface area contributed by atoms with E-state index >= 15 is 0 Å². The summed E-state index contributed by atoms with van der Waals surface area (Å²) in [4.78, 5) is 22.8. The van der Waals surface area contributed by atoms with Crippen LogP contribution in [0.3, 0.4) is 0 Å². The third-order valence-corrected chi connectivity index (χ3v) is 9.31. The van der Waals surface area contributed by atoms with Crippen LogP contribution in [0.2, 0.25) is 0 Å². The molecule has 2 aliphatic rings. The summed E-state index contributed by atoms with van der Waals surface area (Å²) in [5.74, 6) is -0.460. The van der Waals surface area contributed by atoms with Gasteiger partial charge in [-0.3, -0.25) is 14.7 Å². The van der Waals surface area contributed by atoms with Gasteiger partial charge < -0.3 is 19.8 Å². The molecule has 1 unspecified atom stereocenters. The van der Waals surface area contributed by atoms with Gasteiger partial charge in [0.15, 0.2) is 0 Å². The van der Waals surface area contributed by atoms with Crippen LogP contribution in [0.4, 0.5) is 10.1 Å². The molecule has 2 aliphatic heterocycles. The Bertz CT molecular complexity index is 1610. The van der Waals surface area contributed by atoms with Crippen molar-refractivity contribution in [3.63, 3.8) is 0 Å². The van der Waals surface area contributed by atoms with E-state index in [0.717, 1.165) is 91.2 Å². The molecule has 0 bridgehead atoms. The summed E-state index contributed by atoms with van der Waals surface area (Å²) in [6.07, 6.45) is 2.15. The van der Waals surface area contributed by atoms with E-state index in [-0.39, 0.29) is 29.7 Å². The molecule has 0 aliphatic carbocycles. The van der Waals surface area contributed by atoms with Gasteiger partial charge in [-0.15, -0.1) is 0 Å². The lowest BCUT2D eigenvalue weighted by Gasteiger charge is -2.40. The van der Waals surface area contributed by atoms with Gasteiger partial charge in [-0.1, -0.05) is 38.1 Å². The highest BCUT2D eigenvalue weighted by Crippen LogP contribution is 2.44. The first kappa shape index (κ1) is 38.5. The maximum Gasteiger partial charge on any atom is 0.310 e. The maximum absolute atomic E-state index is 13.7. The molecule has 0 saturated carbocycles. The SMILES string of the molecule is CC(C)(C)O.Cc1cc(F)ccc1CN1CCc2cc(-c3c(C(C)O)nc(C)c(CC(=O)OC(C)C)c3N3CCC(C)(C)CC3)ccc2C1. The highest BCUT2D eigenvalue weighted by Gasteiger charge is 2.32. The number of pyridine rings is 1. The molecule has 0 radical (unpaired) electrons. The lowest BCUT2D eigenvalue weighted by Crippen LogP contribution is -2.38. The van der Waals surface area contributed by atoms with Gasteiger partial charge in [-0.05, 0) is 120 Å². The third-order valence-electron chi connectivity index (χ3n) is 9.31. The summed E-state index contributed by atoms with van der Waals surface area (Å²) in [6.45, 7) is 23.5. The number of ether oxygens (including phenoxy) is 1. The number of anilines is 1. The van der Waals surface area contributed by atoms with Crippen LogP contribution in [0, 0.1) is 25.1 Å². The molecule has 2 N–H and O–H groups in total. The van der Waals surface area contributed by atoms with Gasteiger partial charge in [-0.25, -0.2) is 4.39 Å². The minimum absolute atomic E-state index is 0.141. The van der Waals surface area contributed by atoms with E-state index < -0.39 is 11.7 Å². The topological polar surface area (TPSA) is 86.1 Å². The van der Waals surface area contributed by atoms with Crippen LogP contribution in [0.25, 0.3) is 11.1 Å². The van der Waals surface area contributed by atoms with Crippen LogP contribution in [-0.2, 0) is 35.5 Å².